The first kappa shape index (κ1) is 14.8. The van der Waals surface area contributed by atoms with Crippen molar-refractivity contribution in [1.29, 1.82) is 0 Å². The van der Waals surface area contributed by atoms with E-state index in [4.69, 9.17) is 4.42 Å². The lowest BCUT2D eigenvalue weighted by molar-refractivity contribution is 0.0595. The van der Waals surface area contributed by atoms with Crippen molar-refractivity contribution in [1.82, 2.24) is 9.88 Å². The Morgan fingerprint density at radius 2 is 2.14 bits per heavy atom. The van der Waals surface area contributed by atoms with Crippen LogP contribution in [0.2, 0.25) is 0 Å². The van der Waals surface area contributed by atoms with E-state index in [0.29, 0.717) is 17.5 Å². The number of likely N-dealkylation sites (tertiary alicyclic amines) is 1. The summed E-state index contributed by atoms with van der Waals surface area (Å²) in [6.45, 7) is 2.62. The SMILES string of the molecule is Cc1ocnc1C(=O)N1CCCCC1CCc1ccccc1. The summed E-state index contributed by atoms with van der Waals surface area (Å²) in [5.74, 6) is 0.626. The number of nitrogens with zero attached hydrogens (tertiary/aromatic N) is 2. The highest BCUT2D eigenvalue weighted by atomic mass is 16.3. The number of oxazole rings is 1. The van der Waals surface area contributed by atoms with Gasteiger partial charge >= 0.3 is 0 Å². The maximum Gasteiger partial charge on any atom is 0.276 e. The molecular formula is C18H22N2O2. The van der Waals surface area contributed by atoms with Gasteiger partial charge in [-0.05, 0) is 44.6 Å². The molecule has 1 aromatic heterocycles. The van der Waals surface area contributed by atoms with Gasteiger partial charge in [0.25, 0.3) is 5.91 Å². The first-order valence-corrected chi connectivity index (χ1v) is 8.00. The number of aryl methyl sites for hydroxylation is 2. The molecule has 1 aromatic carbocycles. The lowest BCUT2D eigenvalue weighted by Crippen LogP contribution is -2.44. The largest absolute Gasteiger partial charge is 0.448 e. The minimum Gasteiger partial charge on any atom is -0.448 e. The number of amides is 1. The van der Waals surface area contributed by atoms with Crippen LogP contribution in [0.4, 0.5) is 0 Å². The molecule has 0 bridgehead atoms. The summed E-state index contributed by atoms with van der Waals surface area (Å²) >= 11 is 0. The Morgan fingerprint density at radius 3 is 2.86 bits per heavy atom. The number of hydrogen-bond acceptors (Lipinski definition) is 3. The van der Waals surface area contributed by atoms with Gasteiger partial charge in [-0.25, -0.2) is 4.98 Å². The van der Waals surface area contributed by atoms with E-state index in [1.165, 1.54) is 18.4 Å². The van der Waals surface area contributed by atoms with Crippen LogP contribution in [0.15, 0.2) is 41.1 Å². The molecule has 3 rings (SSSR count). The van der Waals surface area contributed by atoms with Crippen molar-refractivity contribution < 1.29 is 9.21 Å². The molecular weight excluding hydrogens is 276 g/mol. The average molecular weight is 298 g/mol. The number of piperidine rings is 1. The summed E-state index contributed by atoms with van der Waals surface area (Å²) in [6.07, 6.45) is 6.71. The van der Waals surface area contributed by atoms with Crippen LogP contribution in [-0.4, -0.2) is 28.4 Å². The smallest absolute Gasteiger partial charge is 0.276 e. The predicted molar refractivity (Wildman–Crippen MR) is 84.7 cm³/mol. The summed E-state index contributed by atoms with van der Waals surface area (Å²) < 4.78 is 5.18. The zero-order valence-corrected chi connectivity index (χ0v) is 13.0. The maximum absolute atomic E-state index is 12.7. The quantitative estimate of drug-likeness (QED) is 0.866. The molecule has 116 valence electrons. The predicted octanol–water partition coefficient (Wildman–Crippen LogP) is 3.61. The van der Waals surface area contributed by atoms with Crippen molar-refractivity contribution in [2.24, 2.45) is 0 Å². The van der Waals surface area contributed by atoms with E-state index < -0.39 is 0 Å². The van der Waals surface area contributed by atoms with Crippen LogP contribution < -0.4 is 0 Å². The van der Waals surface area contributed by atoms with Gasteiger partial charge in [0.1, 0.15) is 5.76 Å². The molecule has 0 radical (unpaired) electrons. The summed E-state index contributed by atoms with van der Waals surface area (Å²) in [4.78, 5) is 18.8. The van der Waals surface area contributed by atoms with Gasteiger partial charge in [-0.1, -0.05) is 30.3 Å². The van der Waals surface area contributed by atoms with Gasteiger partial charge in [0.15, 0.2) is 12.1 Å². The molecule has 0 saturated carbocycles. The number of rotatable bonds is 4. The Hall–Kier alpha value is -2.10. The average Bonchev–Trinajstić information content (AvgIpc) is 2.99. The highest BCUT2D eigenvalue weighted by molar-refractivity contribution is 5.93. The molecule has 1 aliphatic heterocycles. The van der Waals surface area contributed by atoms with E-state index in [2.05, 4.69) is 29.2 Å². The number of carbonyl (C=O) groups is 1. The molecule has 1 amide bonds. The van der Waals surface area contributed by atoms with Crippen molar-refractivity contribution in [2.45, 2.75) is 45.1 Å². The van der Waals surface area contributed by atoms with Gasteiger partial charge in [0, 0.05) is 12.6 Å². The summed E-state index contributed by atoms with van der Waals surface area (Å²) in [7, 11) is 0. The third-order valence-electron chi connectivity index (χ3n) is 4.44. The summed E-state index contributed by atoms with van der Waals surface area (Å²) in [6, 6.07) is 10.8. The van der Waals surface area contributed by atoms with E-state index in [1.54, 1.807) is 6.92 Å². The van der Waals surface area contributed by atoms with Crippen LogP contribution in [0.25, 0.3) is 0 Å². The van der Waals surface area contributed by atoms with Crippen LogP contribution >= 0.6 is 0 Å². The van der Waals surface area contributed by atoms with Crippen LogP contribution in [0.3, 0.4) is 0 Å². The van der Waals surface area contributed by atoms with E-state index in [1.807, 2.05) is 11.0 Å². The minimum atomic E-state index is 0.0176. The van der Waals surface area contributed by atoms with Crippen LogP contribution in [0.5, 0.6) is 0 Å². The summed E-state index contributed by atoms with van der Waals surface area (Å²) in [5, 5.41) is 0. The normalized spacial score (nSPS) is 18.4. The number of benzene rings is 1. The van der Waals surface area contributed by atoms with E-state index in [-0.39, 0.29) is 5.91 Å². The molecule has 2 aromatic rings. The first-order chi connectivity index (χ1) is 10.8. The molecule has 1 unspecified atom stereocenters. The molecule has 1 fully saturated rings. The lowest BCUT2D eigenvalue weighted by atomic mass is 9.95. The van der Waals surface area contributed by atoms with Crippen LogP contribution in [0, 0.1) is 6.92 Å². The molecule has 4 nitrogen and oxygen atoms in total. The molecule has 1 saturated heterocycles. The second kappa shape index (κ2) is 6.77. The Labute approximate surface area is 131 Å². The van der Waals surface area contributed by atoms with E-state index in [9.17, 15) is 4.79 Å². The Balaban J connectivity index is 1.69. The number of hydrogen-bond donors (Lipinski definition) is 0. The Bertz CT molecular complexity index is 621. The zero-order chi connectivity index (χ0) is 15.4. The molecule has 1 atom stereocenters. The fourth-order valence-electron chi connectivity index (χ4n) is 3.19. The van der Waals surface area contributed by atoms with Crippen LogP contribution in [0.1, 0.15) is 47.5 Å². The van der Waals surface area contributed by atoms with Gasteiger partial charge in [0.05, 0.1) is 0 Å². The third-order valence-corrected chi connectivity index (χ3v) is 4.44. The van der Waals surface area contributed by atoms with Gasteiger partial charge in [-0.3, -0.25) is 4.79 Å². The standard InChI is InChI=1S/C18H22N2O2/c1-14-17(19-13-22-14)18(21)20-12-6-5-9-16(20)11-10-15-7-3-2-4-8-15/h2-4,7-8,13,16H,5-6,9-12H2,1H3. The first-order valence-electron chi connectivity index (χ1n) is 8.00. The van der Waals surface area contributed by atoms with Crippen molar-refractivity contribution >= 4 is 5.91 Å². The van der Waals surface area contributed by atoms with E-state index >= 15 is 0 Å². The topological polar surface area (TPSA) is 46.3 Å². The second-order valence-electron chi connectivity index (χ2n) is 5.93. The Morgan fingerprint density at radius 1 is 1.32 bits per heavy atom. The number of carbonyl (C=O) groups excluding carboxylic acids is 1. The van der Waals surface area contributed by atoms with Gasteiger partial charge in [-0.2, -0.15) is 0 Å². The van der Waals surface area contributed by atoms with Crippen LogP contribution in [-0.2, 0) is 6.42 Å². The fourth-order valence-corrected chi connectivity index (χ4v) is 3.19. The number of aromatic nitrogens is 1. The third kappa shape index (κ3) is 3.21. The van der Waals surface area contributed by atoms with Crippen molar-refractivity contribution in [3.8, 4) is 0 Å². The molecule has 0 aliphatic carbocycles. The van der Waals surface area contributed by atoms with E-state index in [0.717, 1.165) is 32.2 Å². The molecule has 1 aliphatic rings. The highest BCUT2D eigenvalue weighted by Gasteiger charge is 2.29. The maximum atomic E-state index is 12.7. The molecule has 2 heterocycles. The molecule has 4 heteroatoms. The minimum absolute atomic E-state index is 0.0176. The van der Waals surface area contributed by atoms with Crippen molar-refractivity contribution in [2.75, 3.05) is 6.54 Å². The van der Waals surface area contributed by atoms with Crippen molar-refractivity contribution in [3.63, 3.8) is 0 Å². The monoisotopic (exact) mass is 298 g/mol. The molecule has 22 heavy (non-hydrogen) atoms. The van der Waals surface area contributed by atoms with Gasteiger partial charge in [0.2, 0.25) is 0 Å². The summed E-state index contributed by atoms with van der Waals surface area (Å²) in [5.41, 5.74) is 1.80. The zero-order valence-electron chi connectivity index (χ0n) is 13.0. The highest BCUT2D eigenvalue weighted by Crippen LogP contribution is 2.24. The van der Waals surface area contributed by atoms with Gasteiger partial charge in [-0.15, -0.1) is 0 Å². The van der Waals surface area contributed by atoms with Crippen molar-refractivity contribution in [3.05, 3.63) is 53.7 Å². The lowest BCUT2D eigenvalue weighted by Gasteiger charge is -2.35. The van der Waals surface area contributed by atoms with Gasteiger partial charge < -0.3 is 9.32 Å². The molecule has 0 spiro atoms. The second-order valence-corrected chi connectivity index (χ2v) is 5.93. The fraction of sp³-hybridized carbons (Fsp3) is 0.444. The molecule has 0 N–H and O–H groups in total. The Kier molecular flexibility index (Phi) is 4.56.